The van der Waals surface area contributed by atoms with Crippen molar-refractivity contribution >= 4 is 27.5 Å². The van der Waals surface area contributed by atoms with Gasteiger partial charge in [-0.2, -0.15) is 0 Å². The second-order valence-electron chi connectivity index (χ2n) is 3.87. The van der Waals surface area contributed by atoms with E-state index in [1.807, 2.05) is 66.7 Å². The molecule has 0 aliphatic rings. The third-order valence-electron chi connectivity index (χ3n) is 2.57. The molecule has 0 amide bonds. The highest BCUT2D eigenvalue weighted by Gasteiger charge is 2.03. The van der Waals surface area contributed by atoms with Gasteiger partial charge in [0.1, 0.15) is 0 Å². The number of rotatable bonds is 3. The zero-order valence-electron chi connectivity index (χ0n) is 10.3. The molecule has 2 aromatic rings. The van der Waals surface area contributed by atoms with Crippen LogP contribution in [0, 0.1) is 5.41 Å². The number of amidine groups is 1. The van der Waals surface area contributed by atoms with Crippen LogP contribution in [-0.4, -0.2) is 11.5 Å². The maximum atomic E-state index is 8.05. The Morgan fingerprint density at radius 1 is 0.895 bits per heavy atom. The van der Waals surface area contributed by atoms with Gasteiger partial charge in [0.2, 0.25) is 0 Å². The van der Waals surface area contributed by atoms with E-state index >= 15 is 0 Å². The highest BCUT2D eigenvalue weighted by atomic mass is 79.9. The van der Waals surface area contributed by atoms with E-state index in [2.05, 4.69) is 20.9 Å². The van der Waals surface area contributed by atoms with Gasteiger partial charge < -0.3 is 0 Å². The fraction of sp³-hybridized carbons (Fsp3) is 0. The van der Waals surface area contributed by atoms with E-state index < -0.39 is 0 Å². The molecule has 0 spiro atoms. The highest BCUT2D eigenvalue weighted by molar-refractivity contribution is 9.11. The van der Waals surface area contributed by atoms with Crippen LogP contribution in [0.2, 0.25) is 0 Å². The van der Waals surface area contributed by atoms with Crippen LogP contribution in [0.15, 0.2) is 76.7 Å². The lowest BCUT2D eigenvalue weighted by Gasteiger charge is -2.03. The summed E-state index contributed by atoms with van der Waals surface area (Å²) in [6.45, 7) is 0. The van der Waals surface area contributed by atoms with Gasteiger partial charge in [-0.3, -0.25) is 5.41 Å². The number of hydrogen-bond donors (Lipinski definition) is 1. The Kier molecular flexibility index (Phi) is 4.81. The molecule has 19 heavy (non-hydrogen) atoms. The van der Waals surface area contributed by atoms with E-state index in [1.54, 1.807) is 4.99 Å². The molecule has 0 radical (unpaired) electrons. The zero-order chi connectivity index (χ0) is 13.5. The van der Waals surface area contributed by atoms with Gasteiger partial charge in [-0.15, -0.1) is 0 Å². The SMILES string of the molecule is N=C(N=C(/C=C/Br)c1ccccc1)c1ccccc1. The maximum Gasteiger partial charge on any atom is 0.152 e. The summed E-state index contributed by atoms with van der Waals surface area (Å²) in [7, 11) is 0. The number of nitrogens with one attached hydrogen (secondary N) is 1. The molecule has 0 unspecified atom stereocenters. The minimum atomic E-state index is 0.255. The molecule has 0 aliphatic carbocycles. The monoisotopic (exact) mass is 312 g/mol. The average molecular weight is 313 g/mol. The van der Waals surface area contributed by atoms with Crippen LogP contribution in [0.1, 0.15) is 11.1 Å². The van der Waals surface area contributed by atoms with Crippen molar-refractivity contribution in [1.82, 2.24) is 0 Å². The normalized spacial score (nSPS) is 11.7. The smallest absolute Gasteiger partial charge is 0.152 e. The third kappa shape index (κ3) is 3.73. The number of halogens is 1. The largest absolute Gasteiger partial charge is 0.282 e. The van der Waals surface area contributed by atoms with Gasteiger partial charge in [-0.1, -0.05) is 76.6 Å². The highest BCUT2D eigenvalue weighted by Crippen LogP contribution is 2.07. The first kappa shape index (κ1) is 13.4. The van der Waals surface area contributed by atoms with Gasteiger partial charge in [-0.25, -0.2) is 4.99 Å². The summed E-state index contributed by atoms with van der Waals surface area (Å²) in [4.78, 5) is 6.14. The topological polar surface area (TPSA) is 36.2 Å². The van der Waals surface area contributed by atoms with E-state index in [0.29, 0.717) is 0 Å². The minimum absolute atomic E-state index is 0.255. The first-order valence-corrected chi connectivity index (χ1v) is 6.77. The van der Waals surface area contributed by atoms with Crippen LogP contribution in [0.4, 0.5) is 0 Å². The molecule has 0 heterocycles. The van der Waals surface area contributed by atoms with Gasteiger partial charge in [0.25, 0.3) is 0 Å². The minimum Gasteiger partial charge on any atom is -0.282 e. The summed E-state index contributed by atoms with van der Waals surface area (Å²) in [5, 5.41) is 8.05. The van der Waals surface area contributed by atoms with Crippen molar-refractivity contribution in [2.24, 2.45) is 4.99 Å². The van der Waals surface area contributed by atoms with Crippen LogP contribution in [-0.2, 0) is 0 Å². The summed E-state index contributed by atoms with van der Waals surface area (Å²) < 4.78 is 0. The molecule has 3 heteroatoms. The molecule has 2 aromatic carbocycles. The fourth-order valence-electron chi connectivity index (χ4n) is 1.65. The van der Waals surface area contributed by atoms with Crippen LogP contribution in [0.5, 0.6) is 0 Å². The standard InChI is InChI=1S/C16H13BrN2/c17-12-11-15(13-7-3-1-4-8-13)19-16(18)14-9-5-2-6-10-14/h1-12,18H/b12-11+,18-16?,19-15?. The van der Waals surface area contributed by atoms with E-state index in [9.17, 15) is 0 Å². The van der Waals surface area contributed by atoms with E-state index in [1.165, 1.54) is 0 Å². The predicted molar refractivity (Wildman–Crippen MR) is 84.3 cm³/mol. The van der Waals surface area contributed by atoms with Crippen molar-refractivity contribution in [2.45, 2.75) is 0 Å². The van der Waals surface area contributed by atoms with Crippen molar-refractivity contribution < 1.29 is 0 Å². The van der Waals surface area contributed by atoms with Crippen molar-refractivity contribution in [2.75, 3.05) is 0 Å². The number of benzene rings is 2. The van der Waals surface area contributed by atoms with Crippen LogP contribution in [0.25, 0.3) is 0 Å². The third-order valence-corrected chi connectivity index (χ3v) is 2.83. The molecule has 0 saturated heterocycles. The Morgan fingerprint density at radius 2 is 1.42 bits per heavy atom. The van der Waals surface area contributed by atoms with Gasteiger partial charge in [0.05, 0.1) is 5.71 Å². The van der Waals surface area contributed by atoms with Crippen LogP contribution >= 0.6 is 15.9 Å². The lowest BCUT2D eigenvalue weighted by atomic mass is 10.1. The number of aliphatic imine (C=N–C) groups is 1. The Morgan fingerprint density at radius 3 is 1.95 bits per heavy atom. The van der Waals surface area contributed by atoms with E-state index in [0.717, 1.165) is 16.8 Å². The summed E-state index contributed by atoms with van der Waals surface area (Å²) >= 11 is 3.26. The van der Waals surface area contributed by atoms with Gasteiger partial charge in [0.15, 0.2) is 5.84 Å². The molecular weight excluding hydrogens is 300 g/mol. The van der Waals surface area contributed by atoms with Gasteiger partial charge >= 0.3 is 0 Å². The molecule has 0 fully saturated rings. The van der Waals surface area contributed by atoms with E-state index in [-0.39, 0.29) is 5.84 Å². The number of nitrogens with zero attached hydrogens (tertiary/aromatic N) is 1. The quantitative estimate of drug-likeness (QED) is 0.644. The molecule has 1 N–H and O–H groups in total. The molecule has 2 nitrogen and oxygen atoms in total. The predicted octanol–water partition coefficient (Wildman–Crippen LogP) is 4.41. The second kappa shape index (κ2) is 6.81. The van der Waals surface area contributed by atoms with E-state index in [4.69, 9.17) is 5.41 Å². The van der Waals surface area contributed by atoms with Gasteiger partial charge in [-0.05, 0) is 11.1 Å². The van der Waals surface area contributed by atoms with Crippen LogP contribution in [0.3, 0.4) is 0 Å². The fourth-order valence-corrected chi connectivity index (χ4v) is 1.90. The second-order valence-corrected chi connectivity index (χ2v) is 4.40. The van der Waals surface area contributed by atoms with Crippen molar-refractivity contribution in [3.63, 3.8) is 0 Å². The molecule has 0 aromatic heterocycles. The van der Waals surface area contributed by atoms with Crippen LogP contribution < -0.4 is 0 Å². The molecule has 0 aliphatic heterocycles. The lowest BCUT2D eigenvalue weighted by molar-refractivity contribution is 1.41. The molecular formula is C16H13BrN2. The summed E-state index contributed by atoms with van der Waals surface area (Å²) in [5.74, 6) is 0.255. The number of allylic oxidation sites excluding steroid dienone is 1. The number of hydrogen-bond acceptors (Lipinski definition) is 1. The maximum absolute atomic E-state index is 8.05. The van der Waals surface area contributed by atoms with Crippen molar-refractivity contribution in [3.05, 3.63) is 82.9 Å². The van der Waals surface area contributed by atoms with Gasteiger partial charge in [0, 0.05) is 11.1 Å². The molecule has 0 atom stereocenters. The Bertz CT molecular complexity index is 601. The molecule has 0 saturated carbocycles. The molecule has 2 rings (SSSR count). The Hall–Kier alpha value is -2.00. The lowest BCUT2D eigenvalue weighted by Crippen LogP contribution is -2.03. The summed E-state index contributed by atoms with van der Waals surface area (Å²) in [6, 6.07) is 19.3. The first-order chi connectivity index (χ1) is 9.31. The average Bonchev–Trinajstić information content (AvgIpc) is 2.48. The zero-order valence-corrected chi connectivity index (χ0v) is 11.8. The Balaban J connectivity index is 2.35. The summed E-state index contributed by atoms with van der Waals surface area (Å²) in [6.07, 6.45) is 1.84. The van der Waals surface area contributed by atoms with Crippen molar-refractivity contribution in [3.8, 4) is 0 Å². The first-order valence-electron chi connectivity index (χ1n) is 5.86. The molecule has 0 bridgehead atoms. The molecule has 94 valence electrons. The van der Waals surface area contributed by atoms with Crippen molar-refractivity contribution in [1.29, 1.82) is 5.41 Å². The Labute approximate surface area is 121 Å². The summed E-state index contributed by atoms with van der Waals surface area (Å²) in [5.41, 5.74) is 2.55.